The van der Waals surface area contributed by atoms with Gasteiger partial charge in [-0.2, -0.15) is 0 Å². The van der Waals surface area contributed by atoms with Gasteiger partial charge in [0.2, 0.25) is 0 Å². The van der Waals surface area contributed by atoms with E-state index in [1.54, 1.807) is 6.92 Å². The minimum absolute atomic E-state index is 0.497. The summed E-state index contributed by atoms with van der Waals surface area (Å²) in [4.78, 5) is 0. The van der Waals surface area contributed by atoms with Crippen LogP contribution < -0.4 is 0 Å². The van der Waals surface area contributed by atoms with E-state index in [1.165, 1.54) is 0 Å². The molecule has 0 heterocycles. The van der Waals surface area contributed by atoms with Gasteiger partial charge in [-0.3, -0.25) is 0 Å². The summed E-state index contributed by atoms with van der Waals surface area (Å²) in [5, 5.41) is 9.84. The molecule has 82 valence electrons. The number of hydrogen-bond acceptors (Lipinski definition) is 1. The first-order chi connectivity index (χ1) is 7.00. The largest absolute Gasteiger partial charge is 0.390 e. The van der Waals surface area contributed by atoms with Crippen LogP contribution in [0.4, 0.5) is 4.39 Å². The first-order valence-corrected chi connectivity index (χ1v) is 5.46. The molecule has 1 fully saturated rings. The molecule has 0 spiro atoms. The Bertz CT molecular complexity index is 367. The summed E-state index contributed by atoms with van der Waals surface area (Å²) in [7, 11) is 0. The molecular formula is C13H17FO. The minimum Gasteiger partial charge on any atom is -0.390 e. The maximum atomic E-state index is 13.1. The van der Waals surface area contributed by atoms with Gasteiger partial charge in [0, 0.05) is 6.42 Å². The molecule has 0 radical (unpaired) electrons. The maximum Gasteiger partial charge on any atom is 0.122 e. The molecule has 0 aliphatic heterocycles. The third-order valence-electron chi connectivity index (χ3n) is 3.18. The smallest absolute Gasteiger partial charge is 0.122 e. The molecule has 0 saturated heterocycles. The van der Waals surface area contributed by atoms with Gasteiger partial charge in [0.1, 0.15) is 6.17 Å². The molecule has 1 aromatic carbocycles. The van der Waals surface area contributed by atoms with Crippen molar-refractivity contribution in [1.82, 2.24) is 0 Å². The molecule has 15 heavy (non-hydrogen) atoms. The van der Waals surface area contributed by atoms with Gasteiger partial charge in [0.15, 0.2) is 0 Å². The van der Waals surface area contributed by atoms with E-state index in [4.69, 9.17) is 0 Å². The third-order valence-corrected chi connectivity index (χ3v) is 3.18. The number of aryl methyl sites for hydroxylation is 1. The quantitative estimate of drug-likeness (QED) is 0.809. The first-order valence-electron chi connectivity index (χ1n) is 5.46. The molecule has 1 unspecified atom stereocenters. The average Bonchev–Trinajstić information content (AvgIpc) is 2.87. The summed E-state index contributed by atoms with van der Waals surface area (Å²) in [6.07, 6.45) is 1.49. The van der Waals surface area contributed by atoms with Crippen molar-refractivity contribution in [1.29, 1.82) is 0 Å². The van der Waals surface area contributed by atoms with Gasteiger partial charge in [0.25, 0.3) is 0 Å². The lowest BCUT2D eigenvalue weighted by Gasteiger charge is -2.12. The molecule has 1 aliphatic rings. The fourth-order valence-corrected chi connectivity index (χ4v) is 1.80. The number of aliphatic hydroxyl groups is 1. The Labute approximate surface area is 89.9 Å². The second-order valence-corrected chi connectivity index (χ2v) is 4.70. The van der Waals surface area contributed by atoms with Gasteiger partial charge >= 0.3 is 0 Å². The molecule has 1 atom stereocenters. The molecule has 1 aromatic rings. The van der Waals surface area contributed by atoms with Gasteiger partial charge in [-0.15, -0.1) is 0 Å². The van der Waals surface area contributed by atoms with Gasteiger partial charge in [-0.25, -0.2) is 4.39 Å². The van der Waals surface area contributed by atoms with E-state index in [2.05, 4.69) is 0 Å². The van der Waals surface area contributed by atoms with Crippen LogP contribution in [0.3, 0.4) is 0 Å². The Balaban J connectivity index is 2.24. The highest BCUT2D eigenvalue weighted by atomic mass is 19.1. The zero-order valence-corrected chi connectivity index (χ0v) is 9.26. The number of hydrogen-bond donors (Lipinski definition) is 1. The van der Waals surface area contributed by atoms with Gasteiger partial charge in [-0.1, -0.05) is 18.2 Å². The van der Waals surface area contributed by atoms with Crippen molar-refractivity contribution >= 4 is 0 Å². The molecule has 0 bridgehead atoms. The molecular weight excluding hydrogens is 191 g/mol. The molecule has 2 rings (SSSR count). The van der Waals surface area contributed by atoms with E-state index in [1.807, 2.05) is 25.1 Å². The second-order valence-electron chi connectivity index (χ2n) is 4.70. The van der Waals surface area contributed by atoms with Crippen molar-refractivity contribution in [3.8, 4) is 0 Å². The fourth-order valence-electron chi connectivity index (χ4n) is 1.80. The SMILES string of the molecule is Cc1ccc(C(C)F)cc1CC1(O)CC1. The topological polar surface area (TPSA) is 20.2 Å². The predicted molar refractivity (Wildman–Crippen MR) is 58.6 cm³/mol. The Morgan fingerprint density at radius 2 is 2.13 bits per heavy atom. The van der Waals surface area contributed by atoms with Crippen LogP contribution in [0.5, 0.6) is 0 Å². The third kappa shape index (κ3) is 2.37. The van der Waals surface area contributed by atoms with Gasteiger partial charge < -0.3 is 5.11 Å². The number of rotatable bonds is 3. The Kier molecular flexibility index (Phi) is 2.55. The van der Waals surface area contributed by atoms with Crippen molar-refractivity contribution in [3.63, 3.8) is 0 Å². The summed E-state index contributed by atoms with van der Waals surface area (Å²) >= 11 is 0. The maximum absolute atomic E-state index is 13.1. The number of halogens is 1. The van der Waals surface area contributed by atoms with E-state index >= 15 is 0 Å². The fraction of sp³-hybridized carbons (Fsp3) is 0.538. The summed E-state index contributed by atoms with van der Waals surface area (Å²) in [6, 6.07) is 5.64. The van der Waals surface area contributed by atoms with Crippen molar-refractivity contribution in [2.24, 2.45) is 0 Å². The Morgan fingerprint density at radius 1 is 1.47 bits per heavy atom. The Hall–Kier alpha value is -0.890. The zero-order chi connectivity index (χ0) is 11.1. The average molecular weight is 208 g/mol. The van der Waals surface area contributed by atoms with Crippen molar-refractivity contribution < 1.29 is 9.50 Å². The van der Waals surface area contributed by atoms with E-state index in [0.29, 0.717) is 12.0 Å². The molecule has 2 heteroatoms. The van der Waals surface area contributed by atoms with Crippen LogP contribution in [-0.2, 0) is 6.42 Å². The molecule has 0 amide bonds. The van der Waals surface area contributed by atoms with E-state index in [-0.39, 0.29) is 0 Å². The lowest BCUT2D eigenvalue weighted by atomic mass is 9.97. The van der Waals surface area contributed by atoms with E-state index in [9.17, 15) is 9.50 Å². The normalized spacial score (nSPS) is 20.0. The van der Waals surface area contributed by atoms with Crippen molar-refractivity contribution in [3.05, 3.63) is 34.9 Å². The van der Waals surface area contributed by atoms with E-state index < -0.39 is 11.8 Å². The minimum atomic E-state index is -0.932. The lowest BCUT2D eigenvalue weighted by Crippen LogP contribution is -2.12. The van der Waals surface area contributed by atoms with Gasteiger partial charge in [0.05, 0.1) is 5.60 Å². The van der Waals surface area contributed by atoms with Crippen LogP contribution in [0.25, 0.3) is 0 Å². The number of benzene rings is 1. The standard InChI is InChI=1S/C13H17FO/c1-9-3-4-11(10(2)14)7-12(9)8-13(15)5-6-13/h3-4,7,10,15H,5-6,8H2,1-2H3. The molecule has 1 N–H and O–H groups in total. The van der Waals surface area contributed by atoms with Crippen LogP contribution in [0.15, 0.2) is 18.2 Å². The summed E-state index contributed by atoms with van der Waals surface area (Å²) in [5.74, 6) is 0. The van der Waals surface area contributed by atoms with Crippen molar-refractivity contribution in [2.45, 2.75) is 44.9 Å². The predicted octanol–water partition coefficient (Wildman–Crippen LogP) is 3.09. The molecule has 0 aromatic heterocycles. The lowest BCUT2D eigenvalue weighted by molar-refractivity contribution is 0.150. The van der Waals surface area contributed by atoms with Crippen LogP contribution in [0.2, 0.25) is 0 Å². The van der Waals surface area contributed by atoms with Crippen LogP contribution >= 0.6 is 0 Å². The van der Waals surface area contributed by atoms with Crippen LogP contribution in [-0.4, -0.2) is 10.7 Å². The second kappa shape index (κ2) is 3.60. The summed E-state index contributed by atoms with van der Waals surface area (Å²) in [5.41, 5.74) is 2.43. The monoisotopic (exact) mass is 208 g/mol. The van der Waals surface area contributed by atoms with Crippen LogP contribution in [0.1, 0.15) is 42.6 Å². The van der Waals surface area contributed by atoms with E-state index in [0.717, 1.165) is 24.0 Å². The number of alkyl halides is 1. The van der Waals surface area contributed by atoms with Gasteiger partial charge in [-0.05, 0) is 43.4 Å². The highest BCUT2D eigenvalue weighted by molar-refractivity contribution is 5.34. The zero-order valence-electron chi connectivity index (χ0n) is 9.26. The van der Waals surface area contributed by atoms with Crippen LogP contribution in [0, 0.1) is 6.92 Å². The molecule has 1 nitrogen and oxygen atoms in total. The highest BCUT2D eigenvalue weighted by Crippen LogP contribution is 2.39. The van der Waals surface area contributed by atoms with Crippen molar-refractivity contribution in [2.75, 3.05) is 0 Å². The molecule has 1 saturated carbocycles. The first kappa shape index (κ1) is 10.6. The molecule has 1 aliphatic carbocycles. The highest BCUT2D eigenvalue weighted by Gasteiger charge is 2.40. The Morgan fingerprint density at radius 3 is 2.67 bits per heavy atom. The summed E-state index contributed by atoms with van der Waals surface area (Å²) in [6.45, 7) is 3.55. The summed E-state index contributed by atoms with van der Waals surface area (Å²) < 4.78 is 13.1.